The van der Waals surface area contributed by atoms with Crippen molar-refractivity contribution in [3.05, 3.63) is 29.3 Å². The number of hydrogen-bond acceptors (Lipinski definition) is 4. The van der Waals surface area contributed by atoms with Gasteiger partial charge in [0.25, 0.3) is 0 Å². The Kier molecular flexibility index (Phi) is 8.43. The molecule has 1 heterocycles. The maximum atomic E-state index is 12.8. The Morgan fingerprint density at radius 2 is 1.74 bits per heavy atom. The number of benzene rings is 1. The molecule has 0 aromatic heterocycles. The number of carbonyl (C=O) groups is 3. The maximum absolute atomic E-state index is 12.8. The summed E-state index contributed by atoms with van der Waals surface area (Å²) in [6.45, 7) is 0.00392. The minimum atomic E-state index is -4.87. The lowest BCUT2D eigenvalue weighted by Crippen LogP contribution is -2.42. The van der Waals surface area contributed by atoms with Crippen molar-refractivity contribution < 1.29 is 32.3 Å². The summed E-state index contributed by atoms with van der Waals surface area (Å²) in [4.78, 5) is 38.3. The van der Waals surface area contributed by atoms with Gasteiger partial charge in [-0.2, -0.15) is 13.2 Å². The van der Waals surface area contributed by atoms with Crippen LogP contribution in [-0.2, 0) is 27.2 Å². The zero-order valence-electron chi connectivity index (χ0n) is 19.6. The number of alkyl halides is 3. The summed E-state index contributed by atoms with van der Waals surface area (Å²) in [6, 6.07) is 5.21. The van der Waals surface area contributed by atoms with E-state index in [1.54, 1.807) is 30.1 Å². The minimum absolute atomic E-state index is 0.0120. The number of nitrogens with one attached hydrogen (secondary N) is 1. The molecule has 0 spiro atoms. The highest BCUT2D eigenvalue weighted by molar-refractivity contribution is 5.89. The van der Waals surface area contributed by atoms with Crippen LogP contribution in [0.2, 0.25) is 0 Å². The van der Waals surface area contributed by atoms with E-state index in [4.69, 9.17) is 4.74 Å². The van der Waals surface area contributed by atoms with Crippen LogP contribution in [0.5, 0.6) is 0 Å². The zero-order valence-corrected chi connectivity index (χ0v) is 19.6. The second-order valence-corrected chi connectivity index (χ2v) is 9.10. The topological polar surface area (TPSA) is 79.0 Å². The number of methoxy groups -OCH3 is 1. The summed E-state index contributed by atoms with van der Waals surface area (Å²) in [6.07, 6.45) is 0.610. The second-order valence-electron chi connectivity index (χ2n) is 9.10. The molecule has 1 fully saturated rings. The summed E-state index contributed by atoms with van der Waals surface area (Å²) in [5, 5.41) is 2.89. The van der Waals surface area contributed by atoms with Gasteiger partial charge >= 0.3 is 24.1 Å². The van der Waals surface area contributed by atoms with Crippen LogP contribution in [0.15, 0.2) is 18.2 Å². The lowest BCUT2D eigenvalue weighted by Gasteiger charge is -2.34. The van der Waals surface area contributed by atoms with Crippen LogP contribution in [0.1, 0.15) is 49.7 Å². The summed E-state index contributed by atoms with van der Waals surface area (Å²) in [5.74, 6) is -1.55. The molecule has 1 aromatic carbocycles. The first kappa shape index (κ1) is 25.8. The molecule has 1 aliphatic carbocycles. The van der Waals surface area contributed by atoms with Crippen LogP contribution in [-0.4, -0.2) is 67.2 Å². The fraction of sp³-hybridized carbons (Fsp3) is 0.625. The SMILES string of the molecule is COC(=O)CCC1CCC(N(C)C(=O)Nc2ccc3c(c2)CCN(C(=O)C(F)(F)F)CC3)CC1. The molecule has 3 amide bonds. The van der Waals surface area contributed by atoms with Gasteiger partial charge in [0.2, 0.25) is 0 Å². The molecule has 1 N–H and O–H groups in total. The number of halogens is 3. The number of rotatable bonds is 5. The summed E-state index contributed by atoms with van der Waals surface area (Å²) in [5.41, 5.74) is 2.30. The lowest BCUT2D eigenvalue weighted by atomic mass is 9.83. The van der Waals surface area contributed by atoms with E-state index in [0.717, 1.165) is 48.1 Å². The van der Waals surface area contributed by atoms with E-state index in [-0.39, 0.29) is 31.1 Å². The van der Waals surface area contributed by atoms with Gasteiger partial charge in [-0.05, 0) is 74.1 Å². The molecule has 188 valence electrons. The van der Waals surface area contributed by atoms with Crippen molar-refractivity contribution in [1.29, 1.82) is 0 Å². The van der Waals surface area contributed by atoms with Crippen molar-refractivity contribution in [3.8, 4) is 0 Å². The predicted molar refractivity (Wildman–Crippen MR) is 120 cm³/mol. The fourth-order valence-corrected chi connectivity index (χ4v) is 4.81. The molecule has 1 aliphatic heterocycles. The van der Waals surface area contributed by atoms with Crippen LogP contribution in [0, 0.1) is 5.92 Å². The maximum Gasteiger partial charge on any atom is 0.471 e. The first-order chi connectivity index (χ1) is 16.1. The molecule has 0 saturated heterocycles. The van der Waals surface area contributed by atoms with E-state index in [1.807, 2.05) is 0 Å². The smallest absolute Gasteiger partial charge is 0.469 e. The van der Waals surface area contributed by atoms with Crippen molar-refractivity contribution in [2.45, 2.75) is 63.6 Å². The van der Waals surface area contributed by atoms with Crippen molar-refractivity contribution in [2.24, 2.45) is 5.92 Å². The number of urea groups is 1. The van der Waals surface area contributed by atoms with Gasteiger partial charge < -0.3 is 19.9 Å². The first-order valence-corrected chi connectivity index (χ1v) is 11.7. The van der Waals surface area contributed by atoms with Gasteiger partial charge in [-0.1, -0.05) is 6.07 Å². The zero-order chi connectivity index (χ0) is 24.9. The predicted octanol–water partition coefficient (Wildman–Crippen LogP) is 4.15. The van der Waals surface area contributed by atoms with Crippen LogP contribution in [0.4, 0.5) is 23.7 Å². The largest absolute Gasteiger partial charge is 0.471 e. The summed E-state index contributed by atoms with van der Waals surface area (Å²) in [7, 11) is 3.15. The number of hydrogen-bond donors (Lipinski definition) is 1. The Bertz CT molecular complexity index is 898. The third kappa shape index (κ3) is 6.64. The van der Waals surface area contributed by atoms with Crippen LogP contribution in [0.25, 0.3) is 0 Å². The standard InChI is InChI=1S/C24H32F3N3O4/c1-29(20-8-3-16(4-9-20)5-10-21(31)34-2)23(33)28-19-7-6-17-11-13-30(14-12-18(17)15-19)22(32)24(25,26)27/h6-7,15-16,20H,3-5,8-14H2,1-2H3,(H,28,33). The molecular formula is C24H32F3N3O4. The number of ether oxygens (including phenoxy) is 1. The Labute approximate surface area is 197 Å². The number of fused-ring (bicyclic) bond motifs is 1. The molecule has 7 nitrogen and oxygen atoms in total. The molecular weight excluding hydrogens is 451 g/mol. The van der Waals surface area contributed by atoms with Gasteiger partial charge in [0.15, 0.2) is 0 Å². The van der Waals surface area contributed by atoms with E-state index >= 15 is 0 Å². The van der Waals surface area contributed by atoms with E-state index in [9.17, 15) is 27.6 Å². The van der Waals surface area contributed by atoms with Crippen molar-refractivity contribution in [3.63, 3.8) is 0 Å². The van der Waals surface area contributed by atoms with Gasteiger partial charge in [-0.3, -0.25) is 9.59 Å². The minimum Gasteiger partial charge on any atom is -0.469 e. The van der Waals surface area contributed by atoms with Gasteiger partial charge in [-0.15, -0.1) is 0 Å². The second kappa shape index (κ2) is 11.1. The number of nitrogens with zero attached hydrogens (tertiary/aromatic N) is 2. The number of carbonyl (C=O) groups excluding carboxylic acids is 3. The van der Waals surface area contributed by atoms with Crippen LogP contribution < -0.4 is 5.32 Å². The Hall–Kier alpha value is -2.78. The summed E-state index contributed by atoms with van der Waals surface area (Å²) < 4.78 is 43.0. The first-order valence-electron chi connectivity index (χ1n) is 11.7. The van der Waals surface area contributed by atoms with Gasteiger partial charge in [0.1, 0.15) is 0 Å². The number of anilines is 1. The lowest BCUT2D eigenvalue weighted by molar-refractivity contribution is -0.185. The molecule has 2 aliphatic rings. The molecule has 1 aromatic rings. The average molecular weight is 484 g/mol. The highest BCUT2D eigenvalue weighted by Gasteiger charge is 2.42. The number of esters is 1. The van der Waals surface area contributed by atoms with E-state index < -0.39 is 12.1 Å². The summed E-state index contributed by atoms with van der Waals surface area (Å²) >= 11 is 0. The highest BCUT2D eigenvalue weighted by atomic mass is 19.4. The van der Waals surface area contributed by atoms with Crippen molar-refractivity contribution in [2.75, 3.05) is 32.6 Å². The van der Waals surface area contributed by atoms with E-state index in [2.05, 4.69) is 5.32 Å². The molecule has 0 bridgehead atoms. The Balaban J connectivity index is 1.52. The van der Waals surface area contributed by atoms with Crippen LogP contribution in [0.3, 0.4) is 0 Å². The monoisotopic (exact) mass is 483 g/mol. The van der Waals surface area contributed by atoms with Gasteiger partial charge in [0, 0.05) is 38.3 Å². The molecule has 0 radical (unpaired) electrons. The van der Waals surface area contributed by atoms with Crippen molar-refractivity contribution >= 4 is 23.6 Å². The molecule has 1 saturated carbocycles. The highest BCUT2D eigenvalue weighted by Crippen LogP contribution is 2.31. The average Bonchev–Trinajstić information content (AvgIpc) is 3.03. The molecule has 0 atom stereocenters. The molecule has 3 rings (SSSR count). The Morgan fingerprint density at radius 3 is 2.35 bits per heavy atom. The van der Waals surface area contributed by atoms with E-state index in [1.165, 1.54) is 7.11 Å². The number of amides is 3. The van der Waals surface area contributed by atoms with Crippen molar-refractivity contribution in [1.82, 2.24) is 9.80 Å². The van der Waals surface area contributed by atoms with E-state index in [0.29, 0.717) is 30.9 Å². The van der Waals surface area contributed by atoms with Gasteiger partial charge in [0.05, 0.1) is 7.11 Å². The van der Waals surface area contributed by atoms with Crippen LogP contribution >= 0.6 is 0 Å². The molecule has 34 heavy (non-hydrogen) atoms. The normalized spacial score (nSPS) is 20.7. The third-order valence-corrected chi connectivity index (χ3v) is 6.96. The Morgan fingerprint density at radius 1 is 1.09 bits per heavy atom. The quantitative estimate of drug-likeness (QED) is 0.639. The third-order valence-electron chi connectivity index (χ3n) is 6.96. The molecule has 0 unspecified atom stereocenters. The molecule has 10 heteroatoms. The van der Waals surface area contributed by atoms with Gasteiger partial charge in [-0.25, -0.2) is 4.79 Å². The fourth-order valence-electron chi connectivity index (χ4n) is 4.81.